The van der Waals surface area contributed by atoms with Crippen molar-refractivity contribution in [3.63, 3.8) is 0 Å². The molecule has 8 nitrogen and oxygen atoms in total. The monoisotopic (exact) mass is 568 g/mol. The van der Waals surface area contributed by atoms with Crippen LogP contribution >= 0.6 is 35.7 Å². The molecule has 180 valence electrons. The van der Waals surface area contributed by atoms with Crippen LogP contribution in [0.4, 0.5) is 0 Å². The van der Waals surface area contributed by atoms with Gasteiger partial charge in [0.15, 0.2) is 11.1 Å². The summed E-state index contributed by atoms with van der Waals surface area (Å²) in [4.78, 5) is 7.24. The van der Waals surface area contributed by atoms with Crippen molar-refractivity contribution < 1.29 is 9.47 Å². The van der Waals surface area contributed by atoms with Gasteiger partial charge in [-0.25, -0.2) is 0 Å². The fourth-order valence-corrected chi connectivity index (χ4v) is 4.13. The summed E-state index contributed by atoms with van der Waals surface area (Å²) in [5.74, 6) is 3.23. The molecule has 1 saturated heterocycles. The van der Waals surface area contributed by atoms with Gasteiger partial charge < -0.3 is 24.3 Å². The molecule has 1 fully saturated rings. The lowest BCUT2D eigenvalue weighted by molar-refractivity contribution is 0.0536. The predicted octanol–water partition coefficient (Wildman–Crippen LogP) is 3.16. The molecule has 0 aliphatic carbocycles. The molecular weight excluding hydrogens is 527 g/mol. The SMILES string of the molecule is CCNC(=NCCCc1nnc(SC)n1CC(C)C)N1CCC(COCCOC)C1.I. The Labute approximate surface area is 209 Å². The number of methoxy groups -OCH3 is 1. The Morgan fingerprint density at radius 2 is 2.13 bits per heavy atom. The second-order valence-corrected chi connectivity index (χ2v) is 8.89. The lowest BCUT2D eigenvalue weighted by Gasteiger charge is -2.21. The van der Waals surface area contributed by atoms with Gasteiger partial charge in [0.05, 0.1) is 19.8 Å². The summed E-state index contributed by atoms with van der Waals surface area (Å²) >= 11 is 1.66. The van der Waals surface area contributed by atoms with Crippen LogP contribution in [-0.4, -0.2) is 85.0 Å². The molecule has 0 saturated carbocycles. The standard InChI is InChI=1S/C21H40N6O2S.HI/c1-6-22-20(26-11-9-18(15-26)16-29-13-12-28-4)23-10-7-8-19-24-25-21(30-5)27(19)14-17(2)3;/h17-18H,6-16H2,1-5H3,(H,22,23);1H. The topological polar surface area (TPSA) is 76.8 Å². The van der Waals surface area contributed by atoms with Gasteiger partial charge in [-0.15, -0.1) is 34.2 Å². The van der Waals surface area contributed by atoms with Gasteiger partial charge in [0, 0.05) is 52.2 Å². The first-order valence-electron chi connectivity index (χ1n) is 11.1. The second-order valence-electron chi connectivity index (χ2n) is 8.12. The minimum absolute atomic E-state index is 0. The molecule has 1 unspecified atom stereocenters. The summed E-state index contributed by atoms with van der Waals surface area (Å²) in [6.45, 7) is 13.4. The van der Waals surface area contributed by atoms with Gasteiger partial charge in [0.25, 0.3) is 0 Å². The molecule has 1 N–H and O–H groups in total. The third kappa shape index (κ3) is 9.83. The van der Waals surface area contributed by atoms with Crippen molar-refractivity contribution in [2.45, 2.75) is 51.7 Å². The van der Waals surface area contributed by atoms with Crippen molar-refractivity contribution in [1.82, 2.24) is 25.0 Å². The Bertz CT molecular complexity index is 643. The summed E-state index contributed by atoms with van der Waals surface area (Å²) in [7, 11) is 1.70. The third-order valence-electron chi connectivity index (χ3n) is 5.05. The highest BCUT2D eigenvalue weighted by Crippen LogP contribution is 2.18. The number of thioether (sulfide) groups is 1. The Balaban J connectivity index is 0.00000480. The Morgan fingerprint density at radius 1 is 1.32 bits per heavy atom. The van der Waals surface area contributed by atoms with E-state index in [1.807, 2.05) is 0 Å². The normalized spacial score (nSPS) is 16.8. The largest absolute Gasteiger partial charge is 0.382 e. The van der Waals surface area contributed by atoms with Crippen molar-refractivity contribution >= 4 is 41.7 Å². The molecule has 0 radical (unpaired) electrons. The molecule has 1 aromatic rings. The molecule has 1 aromatic heterocycles. The Hall–Kier alpha value is -0.590. The van der Waals surface area contributed by atoms with Gasteiger partial charge >= 0.3 is 0 Å². The van der Waals surface area contributed by atoms with Crippen molar-refractivity contribution in [2.75, 3.05) is 59.4 Å². The molecule has 31 heavy (non-hydrogen) atoms. The zero-order valence-electron chi connectivity index (χ0n) is 19.8. The van der Waals surface area contributed by atoms with Crippen LogP contribution in [-0.2, 0) is 22.4 Å². The Kier molecular flexibility index (Phi) is 14.8. The number of halogens is 1. The lowest BCUT2D eigenvalue weighted by atomic mass is 10.1. The maximum atomic E-state index is 5.71. The molecule has 0 spiro atoms. The number of likely N-dealkylation sites (tertiary alicyclic amines) is 1. The van der Waals surface area contributed by atoms with Crippen molar-refractivity contribution in [2.24, 2.45) is 16.8 Å². The van der Waals surface area contributed by atoms with Crippen molar-refractivity contribution in [3.05, 3.63) is 5.82 Å². The number of hydrogen-bond acceptors (Lipinski definition) is 6. The molecule has 1 aliphatic rings. The van der Waals surface area contributed by atoms with Crippen molar-refractivity contribution in [1.29, 1.82) is 0 Å². The van der Waals surface area contributed by atoms with Crippen LogP contribution in [0, 0.1) is 11.8 Å². The molecule has 1 atom stereocenters. The van der Waals surface area contributed by atoms with E-state index in [1.54, 1.807) is 18.9 Å². The van der Waals surface area contributed by atoms with Gasteiger partial charge in [0.2, 0.25) is 0 Å². The number of guanidine groups is 1. The van der Waals surface area contributed by atoms with Crippen LogP contribution in [0.15, 0.2) is 10.1 Å². The molecular formula is C21H41IN6O2S. The van der Waals surface area contributed by atoms with Gasteiger partial charge in [-0.2, -0.15) is 0 Å². The average molecular weight is 569 g/mol. The first kappa shape index (κ1) is 28.4. The van der Waals surface area contributed by atoms with Gasteiger partial charge in [-0.1, -0.05) is 25.6 Å². The van der Waals surface area contributed by atoms with E-state index in [-0.39, 0.29) is 24.0 Å². The fraction of sp³-hybridized carbons (Fsp3) is 0.857. The summed E-state index contributed by atoms with van der Waals surface area (Å²) in [6, 6.07) is 0. The van der Waals surface area contributed by atoms with Crippen LogP contribution in [0.25, 0.3) is 0 Å². The van der Waals surface area contributed by atoms with Gasteiger partial charge in [-0.3, -0.25) is 4.99 Å². The third-order valence-corrected chi connectivity index (χ3v) is 5.72. The van der Waals surface area contributed by atoms with Crippen molar-refractivity contribution in [3.8, 4) is 0 Å². The van der Waals surface area contributed by atoms with E-state index in [9.17, 15) is 0 Å². The zero-order chi connectivity index (χ0) is 21.8. The molecule has 0 amide bonds. The number of rotatable bonds is 13. The number of nitrogens with one attached hydrogen (secondary N) is 1. The Morgan fingerprint density at radius 3 is 2.81 bits per heavy atom. The molecule has 0 aromatic carbocycles. The van der Waals surface area contributed by atoms with E-state index in [0.29, 0.717) is 25.0 Å². The van der Waals surface area contributed by atoms with Gasteiger partial charge in [0.1, 0.15) is 5.82 Å². The fourth-order valence-electron chi connectivity index (χ4n) is 3.60. The molecule has 2 heterocycles. The van der Waals surface area contributed by atoms with Crippen LogP contribution in [0.3, 0.4) is 0 Å². The molecule has 1 aliphatic heterocycles. The summed E-state index contributed by atoms with van der Waals surface area (Å²) in [5.41, 5.74) is 0. The minimum Gasteiger partial charge on any atom is -0.382 e. The molecule has 2 rings (SSSR count). The number of aliphatic imine (C=N–C) groups is 1. The highest BCUT2D eigenvalue weighted by Gasteiger charge is 2.25. The van der Waals surface area contributed by atoms with Crippen LogP contribution < -0.4 is 5.32 Å². The summed E-state index contributed by atoms with van der Waals surface area (Å²) in [6.07, 6.45) is 5.08. The van der Waals surface area contributed by atoms with Crippen LogP contribution in [0.2, 0.25) is 0 Å². The number of aromatic nitrogens is 3. The minimum atomic E-state index is 0. The quantitative estimate of drug-likeness (QED) is 0.129. The lowest BCUT2D eigenvalue weighted by Crippen LogP contribution is -2.40. The smallest absolute Gasteiger partial charge is 0.193 e. The van der Waals surface area contributed by atoms with E-state index in [2.05, 4.69) is 52.0 Å². The maximum absolute atomic E-state index is 5.71. The summed E-state index contributed by atoms with van der Waals surface area (Å²) < 4.78 is 13.0. The summed E-state index contributed by atoms with van der Waals surface area (Å²) in [5, 5.41) is 13.2. The van der Waals surface area contributed by atoms with Gasteiger partial charge in [-0.05, 0) is 31.9 Å². The van der Waals surface area contributed by atoms with E-state index in [4.69, 9.17) is 14.5 Å². The zero-order valence-corrected chi connectivity index (χ0v) is 22.9. The average Bonchev–Trinajstić information content (AvgIpc) is 3.34. The van der Waals surface area contributed by atoms with E-state index in [1.165, 1.54) is 0 Å². The highest BCUT2D eigenvalue weighted by molar-refractivity contribution is 14.0. The molecule has 10 heteroatoms. The molecule has 0 bridgehead atoms. The number of nitrogens with zero attached hydrogens (tertiary/aromatic N) is 5. The first-order valence-corrected chi connectivity index (χ1v) is 12.4. The van der Waals surface area contributed by atoms with E-state index < -0.39 is 0 Å². The maximum Gasteiger partial charge on any atom is 0.193 e. The first-order chi connectivity index (χ1) is 14.6. The highest BCUT2D eigenvalue weighted by atomic mass is 127. The van der Waals surface area contributed by atoms with Crippen LogP contribution in [0.1, 0.15) is 39.4 Å². The van der Waals surface area contributed by atoms with E-state index >= 15 is 0 Å². The predicted molar refractivity (Wildman–Crippen MR) is 139 cm³/mol. The van der Waals surface area contributed by atoms with E-state index in [0.717, 1.165) is 75.5 Å². The number of hydrogen-bond donors (Lipinski definition) is 1. The van der Waals surface area contributed by atoms with Crippen LogP contribution in [0.5, 0.6) is 0 Å². The number of aryl methyl sites for hydroxylation is 1. The second kappa shape index (κ2) is 16.1. The number of ether oxygens (including phenoxy) is 2.